The van der Waals surface area contributed by atoms with Gasteiger partial charge < -0.3 is 24.8 Å². The first-order chi connectivity index (χ1) is 18.0. The number of aliphatic hydroxyl groups excluding tert-OH is 1. The number of rotatable bonds is 11. The number of aromatic nitrogens is 4. The third-order valence-electron chi connectivity index (χ3n) is 5.81. The lowest BCUT2D eigenvalue weighted by molar-refractivity contribution is -0.00754. The third-order valence-corrected chi connectivity index (χ3v) is 5.81. The second kappa shape index (κ2) is 11.2. The van der Waals surface area contributed by atoms with Gasteiger partial charge in [-0.1, -0.05) is 17.3 Å². The molecule has 12 heteroatoms. The standard InChI is InChI=1S/C26H29F2N5O5/c1-15-5-6-16(24-31-22(38-32-24)13-20(34)23(27)28)11-18(15)30-25(35)19-14-29-21-12-17(7-9-33(19)21)37-10-4-8-26(2,3)36/h5-7,9,11-12,14,20,23,34,36H,4,8,10,13H2,1-3H3,(H,30,35)/t20-/m0/s1. The van der Waals surface area contributed by atoms with E-state index < -0.39 is 30.5 Å². The van der Waals surface area contributed by atoms with Gasteiger partial charge in [0.25, 0.3) is 12.3 Å². The fourth-order valence-electron chi connectivity index (χ4n) is 3.72. The van der Waals surface area contributed by atoms with E-state index in [1.165, 1.54) is 6.20 Å². The smallest absolute Gasteiger partial charge is 0.274 e. The van der Waals surface area contributed by atoms with Crippen molar-refractivity contribution in [1.29, 1.82) is 0 Å². The SMILES string of the molecule is Cc1ccc(-c2noc(C[C@H](O)C(F)F)n2)cc1NC(=O)c1cnc2cc(OCCCC(C)(C)O)ccn12. The highest BCUT2D eigenvalue weighted by atomic mass is 19.3. The van der Waals surface area contributed by atoms with Gasteiger partial charge >= 0.3 is 0 Å². The van der Waals surface area contributed by atoms with Gasteiger partial charge in [-0.05, 0) is 51.3 Å². The van der Waals surface area contributed by atoms with Crippen molar-refractivity contribution in [1.82, 2.24) is 19.5 Å². The molecule has 0 aliphatic carbocycles. The number of hydrogen-bond donors (Lipinski definition) is 3. The summed E-state index contributed by atoms with van der Waals surface area (Å²) in [6, 6.07) is 8.57. The zero-order valence-electron chi connectivity index (χ0n) is 21.2. The molecule has 202 valence electrons. The molecule has 0 spiro atoms. The minimum absolute atomic E-state index is 0.120. The molecule has 10 nitrogen and oxygen atoms in total. The maximum absolute atomic E-state index is 13.1. The number of halogens is 2. The van der Waals surface area contributed by atoms with Crippen LogP contribution in [0.5, 0.6) is 5.75 Å². The van der Waals surface area contributed by atoms with Crippen LogP contribution in [0.2, 0.25) is 0 Å². The maximum atomic E-state index is 13.1. The third kappa shape index (κ3) is 6.69. The Labute approximate surface area is 217 Å². The van der Waals surface area contributed by atoms with Gasteiger partial charge in [-0.15, -0.1) is 0 Å². The quantitative estimate of drug-likeness (QED) is 0.248. The van der Waals surface area contributed by atoms with Crippen LogP contribution in [0.1, 0.15) is 48.6 Å². The first-order valence-corrected chi connectivity index (χ1v) is 12.0. The molecule has 0 aliphatic heterocycles. The number of carbonyl (C=O) groups excluding carboxylic acids is 1. The highest BCUT2D eigenvalue weighted by molar-refractivity contribution is 6.04. The van der Waals surface area contributed by atoms with Crippen LogP contribution in [-0.2, 0) is 6.42 Å². The zero-order chi connectivity index (χ0) is 27.4. The molecular weight excluding hydrogens is 500 g/mol. The van der Waals surface area contributed by atoms with Gasteiger partial charge in [0.15, 0.2) is 0 Å². The van der Waals surface area contributed by atoms with Crippen molar-refractivity contribution < 1.29 is 33.0 Å². The minimum atomic E-state index is -2.92. The van der Waals surface area contributed by atoms with Gasteiger partial charge in [-0.3, -0.25) is 9.20 Å². The number of imidazole rings is 1. The molecule has 3 aromatic heterocycles. The fraction of sp³-hybridized carbons (Fsp3) is 0.385. The highest BCUT2D eigenvalue weighted by Crippen LogP contribution is 2.25. The summed E-state index contributed by atoms with van der Waals surface area (Å²) in [5.74, 6) is 0.229. The maximum Gasteiger partial charge on any atom is 0.274 e. The predicted molar refractivity (Wildman–Crippen MR) is 134 cm³/mol. The number of amides is 1. The van der Waals surface area contributed by atoms with Crippen LogP contribution >= 0.6 is 0 Å². The van der Waals surface area contributed by atoms with Crippen LogP contribution < -0.4 is 10.1 Å². The number of ether oxygens (including phenoxy) is 1. The molecule has 3 N–H and O–H groups in total. The van der Waals surface area contributed by atoms with Crippen molar-refractivity contribution in [2.75, 3.05) is 11.9 Å². The van der Waals surface area contributed by atoms with Crippen molar-refractivity contribution in [3.05, 3.63) is 59.9 Å². The van der Waals surface area contributed by atoms with Crippen LogP contribution in [0, 0.1) is 6.92 Å². The number of hydrogen-bond acceptors (Lipinski definition) is 8. The lowest BCUT2D eigenvalue weighted by Gasteiger charge is -2.16. The largest absolute Gasteiger partial charge is 0.493 e. The van der Waals surface area contributed by atoms with Crippen LogP contribution in [-0.4, -0.2) is 60.4 Å². The van der Waals surface area contributed by atoms with E-state index in [1.807, 2.05) is 6.92 Å². The van der Waals surface area contributed by atoms with Crippen molar-refractivity contribution in [3.8, 4) is 17.1 Å². The molecule has 4 aromatic rings. The van der Waals surface area contributed by atoms with E-state index in [2.05, 4.69) is 20.4 Å². The summed E-state index contributed by atoms with van der Waals surface area (Å²) < 4.78 is 37.6. The zero-order valence-corrected chi connectivity index (χ0v) is 21.2. The van der Waals surface area contributed by atoms with Crippen LogP contribution in [0.3, 0.4) is 0 Å². The molecule has 1 atom stereocenters. The average molecular weight is 530 g/mol. The number of nitrogens with one attached hydrogen (secondary N) is 1. The summed E-state index contributed by atoms with van der Waals surface area (Å²) >= 11 is 0. The van der Waals surface area contributed by atoms with Crippen LogP contribution in [0.15, 0.2) is 47.2 Å². The minimum Gasteiger partial charge on any atom is -0.493 e. The lowest BCUT2D eigenvalue weighted by Crippen LogP contribution is -2.20. The molecular formula is C26H29F2N5O5. The Balaban J connectivity index is 1.45. The van der Waals surface area contributed by atoms with Crippen molar-refractivity contribution in [3.63, 3.8) is 0 Å². The van der Waals surface area contributed by atoms with Gasteiger partial charge in [0.2, 0.25) is 11.7 Å². The Bertz CT molecular complexity index is 1410. The summed E-state index contributed by atoms with van der Waals surface area (Å²) in [4.78, 5) is 21.5. The summed E-state index contributed by atoms with van der Waals surface area (Å²) in [7, 11) is 0. The topological polar surface area (TPSA) is 135 Å². The van der Waals surface area contributed by atoms with E-state index in [9.17, 15) is 23.8 Å². The predicted octanol–water partition coefficient (Wildman–Crippen LogP) is 4.04. The molecule has 0 radical (unpaired) electrons. The first kappa shape index (κ1) is 27.1. The molecule has 0 saturated carbocycles. The monoisotopic (exact) mass is 529 g/mol. The van der Waals surface area contributed by atoms with Gasteiger partial charge in [-0.2, -0.15) is 4.98 Å². The van der Waals surface area contributed by atoms with Crippen molar-refractivity contribution in [2.45, 2.75) is 58.2 Å². The number of carbonyl (C=O) groups is 1. The lowest BCUT2D eigenvalue weighted by atomic mass is 10.0. The summed E-state index contributed by atoms with van der Waals surface area (Å²) in [5, 5.41) is 25.8. The van der Waals surface area contributed by atoms with E-state index >= 15 is 0 Å². The summed E-state index contributed by atoms with van der Waals surface area (Å²) in [6.45, 7) is 5.76. The fourth-order valence-corrected chi connectivity index (χ4v) is 3.72. The highest BCUT2D eigenvalue weighted by Gasteiger charge is 2.21. The molecule has 0 unspecified atom stereocenters. The molecule has 1 amide bonds. The molecule has 3 heterocycles. The number of pyridine rings is 1. The van der Waals surface area contributed by atoms with E-state index in [-0.39, 0.29) is 11.7 Å². The van der Waals surface area contributed by atoms with Crippen LogP contribution in [0.4, 0.5) is 14.5 Å². The molecule has 0 aliphatic rings. The first-order valence-electron chi connectivity index (χ1n) is 12.0. The molecule has 1 aromatic carbocycles. The summed E-state index contributed by atoms with van der Waals surface area (Å²) in [5.41, 5.74) is 1.86. The van der Waals surface area contributed by atoms with Gasteiger partial charge in [-0.25, -0.2) is 13.8 Å². The Morgan fingerprint density at radius 1 is 1.26 bits per heavy atom. The number of fused-ring (bicyclic) bond motifs is 1. The van der Waals surface area contributed by atoms with Gasteiger partial charge in [0.05, 0.1) is 24.8 Å². The normalized spacial score (nSPS) is 12.7. The molecule has 0 fully saturated rings. The number of alkyl halides is 2. The van der Waals surface area contributed by atoms with Gasteiger partial charge in [0, 0.05) is 23.5 Å². The molecule has 4 rings (SSSR count). The van der Waals surface area contributed by atoms with E-state index in [0.29, 0.717) is 47.8 Å². The Kier molecular flexibility index (Phi) is 8.02. The van der Waals surface area contributed by atoms with Crippen molar-refractivity contribution >= 4 is 17.2 Å². The van der Waals surface area contributed by atoms with E-state index in [0.717, 1.165) is 5.56 Å². The molecule has 0 saturated heterocycles. The number of anilines is 1. The average Bonchev–Trinajstić information content (AvgIpc) is 3.49. The van der Waals surface area contributed by atoms with Crippen molar-refractivity contribution in [2.24, 2.45) is 0 Å². The Morgan fingerprint density at radius 3 is 2.79 bits per heavy atom. The second-order valence-electron chi connectivity index (χ2n) is 9.60. The number of aliphatic hydroxyl groups is 2. The number of aryl methyl sites for hydroxylation is 1. The second-order valence-corrected chi connectivity index (χ2v) is 9.60. The van der Waals surface area contributed by atoms with E-state index in [1.54, 1.807) is 54.8 Å². The number of nitrogens with zero attached hydrogens (tertiary/aromatic N) is 4. The summed E-state index contributed by atoms with van der Waals surface area (Å²) in [6.07, 6.45) is -0.834. The molecule has 38 heavy (non-hydrogen) atoms. The van der Waals surface area contributed by atoms with E-state index in [4.69, 9.17) is 9.26 Å². The Morgan fingerprint density at radius 2 is 2.05 bits per heavy atom. The Hall–Kier alpha value is -3.90. The number of benzene rings is 1. The van der Waals surface area contributed by atoms with Crippen LogP contribution in [0.25, 0.3) is 17.0 Å². The molecule has 0 bridgehead atoms. The van der Waals surface area contributed by atoms with Gasteiger partial charge in [0.1, 0.15) is 23.2 Å².